The molecular formula is C33H41N3O5. The van der Waals surface area contributed by atoms with Gasteiger partial charge in [0.15, 0.2) is 6.29 Å². The first kappa shape index (κ1) is 29.2. The first-order chi connectivity index (χ1) is 19.9. The number of aliphatic hydroxyl groups is 2. The summed E-state index contributed by atoms with van der Waals surface area (Å²) in [5, 5.41) is 25.2. The van der Waals surface area contributed by atoms with E-state index in [0.717, 1.165) is 52.9 Å². The van der Waals surface area contributed by atoms with Crippen molar-refractivity contribution in [3.63, 3.8) is 0 Å². The van der Waals surface area contributed by atoms with Gasteiger partial charge in [-0.1, -0.05) is 73.7 Å². The fourth-order valence-electron chi connectivity index (χ4n) is 5.66. The molecule has 41 heavy (non-hydrogen) atoms. The zero-order chi connectivity index (χ0) is 28.8. The molecule has 0 bridgehead atoms. The molecule has 2 fully saturated rings. The molecule has 8 heteroatoms. The van der Waals surface area contributed by atoms with Crippen molar-refractivity contribution in [1.29, 1.82) is 0 Å². The minimum Gasteiger partial charge on any atom is -0.392 e. The van der Waals surface area contributed by atoms with Gasteiger partial charge < -0.3 is 30.3 Å². The van der Waals surface area contributed by atoms with Gasteiger partial charge in [0.25, 0.3) is 0 Å². The Morgan fingerprint density at radius 1 is 0.951 bits per heavy atom. The van der Waals surface area contributed by atoms with Crippen LogP contribution in [-0.4, -0.2) is 59.5 Å². The second kappa shape index (κ2) is 13.6. The Labute approximate surface area is 242 Å². The number of carbonyl (C=O) groups is 1. The summed E-state index contributed by atoms with van der Waals surface area (Å²) in [6, 6.07) is 24.2. The van der Waals surface area contributed by atoms with Crippen LogP contribution in [0.1, 0.15) is 54.9 Å². The van der Waals surface area contributed by atoms with E-state index >= 15 is 0 Å². The summed E-state index contributed by atoms with van der Waals surface area (Å²) >= 11 is 0. The van der Waals surface area contributed by atoms with Crippen molar-refractivity contribution in [2.75, 3.05) is 26.2 Å². The highest BCUT2D eigenvalue weighted by Gasteiger charge is 2.39. The zero-order valence-electron chi connectivity index (χ0n) is 23.8. The fourth-order valence-corrected chi connectivity index (χ4v) is 5.66. The lowest BCUT2D eigenvalue weighted by molar-refractivity contribution is -0.276. The smallest absolute Gasteiger partial charge is 0.315 e. The van der Waals surface area contributed by atoms with Crippen LogP contribution in [0.5, 0.6) is 0 Å². The zero-order valence-corrected chi connectivity index (χ0v) is 23.8. The molecule has 0 spiro atoms. The van der Waals surface area contributed by atoms with Gasteiger partial charge >= 0.3 is 6.03 Å². The normalized spacial score (nSPS) is 24.7. The van der Waals surface area contributed by atoms with Crippen LogP contribution in [0, 0.1) is 5.92 Å². The first-order valence-electron chi connectivity index (χ1n) is 14.6. The average Bonchev–Trinajstić information content (AvgIpc) is 3.42. The Balaban J connectivity index is 1.33. The van der Waals surface area contributed by atoms with Crippen LogP contribution in [0.4, 0.5) is 4.79 Å². The van der Waals surface area contributed by atoms with Crippen LogP contribution in [0.25, 0.3) is 11.1 Å². The molecule has 2 aliphatic rings. The summed E-state index contributed by atoms with van der Waals surface area (Å²) < 4.78 is 13.2. The molecule has 3 aromatic rings. The van der Waals surface area contributed by atoms with Gasteiger partial charge in [-0.25, -0.2) is 4.79 Å². The van der Waals surface area contributed by atoms with Gasteiger partial charge in [0.05, 0.1) is 24.9 Å². The lowest BCUT2D eigenvalue weighted by Gasteiger charge is -2.42. The standard InChI is InChI=1S/C33H41N3O5/c1-3-34-33(39)35-18-24-5-4-6-28(17-24)25-11-13-27(14-12-25)32-40-30(20-36-16-15-29(38)19-36)22(2)31(41-32)26-9-7-23(21-37)8-10-26/h4-14,17,22,29-32,37-38H,3,15-16,18-21H2,1-2H3,(H2,34,35,39)/t22-,29-,30+,31+,32+/m0/s1. The van der Waals surface area contributed by atoms with E-state index in [1.165, 1.54) is 0 Å². The molecule has 2 saturated heterocycles. The molecule has 2 amide bonds. The van der Waals surface area contributed by atoms with Crippen molar-refractivity contribution < 1.29 is 24.5 Å². The number of β-amino-alcohol motifs (C(OH)–C–C–N with tert-alkyl or cyclic N) is 1. The topological polar surface area (TPSA) is 103 Å². The van der Waals surface area contributed by atoms with Crippen molar-refractivity contribution in [2.24, 2.45) is 5.92 Å². The summed E-state index contributed by atoms with van der Waals surface area (Å²) in [6.45, 7) is 7.37. The van der Waals surface area contributed by atoms with E-state index in [-0.39, 0.29) is 36.9 Å². The van der Waals surface area contributed by atoms with Crippen LogP contribution in [0.15, 0.2) is 72.8 Å². The number of hydrogen-bond acceptors (Lipinski definition) is 6. The maximum Gasteiger partial charge on any atom is 0.315 e. The maximum atomic E-state index is 11.8. The molecule has 4 N–H and O–H groups in total. The maximum absolute atomic E-state index is 11.8. The minimum atomic E-state index is -0.534. The van der Waals surface area contributed by atoms with Crippen LogP contribution in [-0.2, 0) is 22.6 Å². The Morgan fingerprint density at radius 2 is 1.71 bits per heavy atom. The largest absolute Gasteiger partial charge is 0.392 e. The van der Waals surface area contributed by atoms with Gasteiger partial charge in [-0.3, -0.25) is 4.90 Å². The van der Waals surface area contributed by atoms with Crippen molar-refractivity contribution in [2.45, 2.75) is 58.0 Å². The number of carbonyl (C=O) groups excluding carboxylic acids is 1. The van der Waals surface area contributed by atoms with E-state index in [1.54, 1.807) is 0 Å². The van der Waals surface area contributed by atoms with Crippen molar-refractivity contribution >= 4 is 6.03 Å². The molecule has 5 atom stereocenters. The van der Waals surface area contributed by atoms with Gasteiger partial charge in [-0.2, -0.15) is 0 Å². The third kappa shape index (κ3) is 7.33. The van der Waals surface area contributed by atoms with E-state index in [2.05, 4.69) is 58.9 Å². The van der Waals surface area contributed by atoms with E-state index < -0.39 is 6.29 Å². The second-order valence-electron chi connectivity index (χ2n) is 11.1. The summed E-state index contributed by atoms with van der Waals surface area (Å²) in [5.74, 6) is 0.0963. The molecule has 0 aromatic heterocycles. The number of urea groups is 1. The molecule has 0 unspecified atom stereocenters. The number of nitrogens with one attached hydrogen (secondary N) is 2. The highest BCUT2D eigenvalue weighted by molar-refractivity contribution is 5.73. The van der Waals surface area contributed by atoms with Gasteiger partial charge in [-0.15, -0.1) is 0 Å². The SMILES string of the molecule is CCNC(=O)NCc1cccc(-c2ccc([C@@H]3O[C@H](CN4CC[C@H](O)C4)[C@H](C)[C@H](c4ccc(CO)cc4)O3)cc2)c1. The molecule has 3 aromatic carbocycles. The van der Waals surface area contributed by atoms with Crippen molar-refractivity contribution in [3.05, 3.63) is 95.1 Å². The Hall–Kier alpha value is -3.27. The molecule has 8 nitrogen and oxygen atoms in total. The number of aliphatic hydroxyl groups excluding tert-OH is 2. The number of amides is 2. The van der Waals surface area contributed by atoms with Gasteiger partial charge in [0.2, 0.25) is 0 Å². The van der Waals surface area contributed by atoms with Crippen molar-refractivity contribution in [3.8, 4) is 11.1 Å². The first-order valence-corrected chi connectivity index (χ1v) is 14.6. The lowest BCUT2D eigenvalue weighted by Crippen LogP contribution is -2.44. The third-order valence-corrected chi connectivity index (χ3v) is 8.04. The van der Waals surface area contributed by atoms with Gasteiger partial charge in [-0.05, 0) is 47.2 Å². The fraction of sp³-hybridized carbons (Fsp3) is 0.424. The third-order valence-electron chi connectivity index (χ3n) is 8.04. The van der Waals surface area contributed by atoms with Crippen LogP contribution in [0.3, 0.4) is 0 Å². The van der Waals surface area contributed by atoms with E-state index in [9.17, 15) is 15.0 Å². The Kier molecular flexibility index (Phi) is 9.69. The van der Waals surface area contributed by atoms with Gasteiger partial charge in [0, 0.05) is 44.2 Å². The molecule has 5 rings (SSSR count). The average molecular weight is 560 g/mol. The Morgan fingerprint density at radius 3 is 2.39 bits per heavy atom. The highest BCUT2D eigenvalue weighted by atomic mass is 16.7. The minimum absolute atomic E-state index is 0.00691. The van der Waals surface area contributed by atoms with Gasteiger partial charge in [0.1, 0.15) is 0 Å². The number of ether oxygens (including phenoxy) is 2. The van der Waals surface area contributed by atoms with Crippen LogP contribution in [0.2, 0.25) is 0 Å². The molecular weight excluding hydrogens is 518 g/mol. The summed E-state index contributed by atoms with van der Waals surface area (Å²) in [5.41, 5.74) is 6.03. The van der Waals surface area contributed by atoms with Crippen LogP contribution >= 0.6 is 0 Å². The summed E-state index contributed by atoms with van der Waals surface area (Å²) in [6.07, 6.45) is -0.272. The Bertz CT molecular complexity index is 1280. The van der Waals surface area contributed by atoms with E-state index in [0.29, 0.717) is 19.6 Å². The second-order valence-corrected chi connectivity index (χ2v) is 11.1. The predicted molar refractivity (Wildman–Crippen MR) is 158 cm³/mol. The molecule has 2 aliphatic heterocycles. The lowest BCUT2D eigenvalue weighted by atomic mass is 9.90. The molecule has 0 aliphatic carbocycles. The predicted octanol–water partition coefficient (Wildman–Crippen LogP) is 4.52. The number of hydrogen-bond donors (Lipinski definition) is 4. The summed E-state index contributed by atoms with van der Waals surface area (Å²) in [4.78, 5) is 14.1. The molecule has 0 radical (unpaired) electrons. The molecule has 2 heterocycles. The number of nitrogens with zero attached hydrogens (tertiary/aromatic N) is 1. The summed E-state index contributed by atoms with van der Waals surface area (Å²) in [7, 11) is 0. The van der Waals surface area contributed by atoms with Crippen molar-refractivity contribution in [1.82, 2.24) is 15.5 Å². The number of benzene rings is 3. The van der Waals surface area contributed by atoms with E-state index in [4.69, 9.17) is 9.47 Å². The van der Waals surface area contributed by atoms with Crippen LogP contribution < -0.4 is 10.6 Å². The monoisotopic (exact) mass is 559 g/mol. The number of likely N-dealkylation sites (tertiary alicyclic amines) is 1. The number of rotatable bonds is 9. The molecule has 218 valence electrons. The quantitative estimate of drug-likeness (QED) is 0.307. The van der Waals surface area contributed by atoms with E-state index in [1.807, 2.05) is 43.3 Å². The highest BCUT2D eigenvalue weighted by Crippen LogP contribution is 2.42. The molecule has 0 saturated carbocycles.